The molecule has 0 saturated heterocycles. The van der Waals surface area contributed by atoms with Crippen LogP contribution in [0.1, 0.15) is 24.5 Å². The predicted octanol–water partition coefficient (Wildman–Crippen LogP) is 1.74. The number of nitrogens with zero attached hydrogens (tertiary/aromatic N) is 2. The van der Waals surface area contributed by atoms with Crippen molar-refractivity contribution in [2.45, 2.75) is 25.3 Å². The minimum Gasteiger partial charge on any atom is -0.383 e. The van der Waals surface area contributed by atoms with Crippen LogP contribution in [-0.2, 0) is 11.3 Å². The molecule has 0 radical (unpaired) electrons. The number of rotatable bonds is 5. The van der Waals surface area contributed by atoms with Crippen molar-refractivity contribution in [3.05, 3.63) is 16.4 Å². The van der Waals surface area contributed by atoms with Crippen molar-refractivity contribution < 1.29 is 4.74 Å². The summed E-state index contributed by atoms with van der Waals surface area (Å²) in [7, 11) is 1.71. The molecule has 5 heteroatoms. The van der Waals surface area contributed by atoms with Crippen LogP contribution in [0.4, 0.5) is 0 Å². The van der Waals surface area contributed by atoms with Crippen LogP contribution in [0.25, 0.3) is 0 Å². The van der Waals surface area contributed by atoms with Gasteiger partial charge in [-0.1, -0.05) is 0 Å². The van der Waals surface area contributed by atoms with E-state index in [9.17, 15) is 0 Å². The van der Waals surface area contributed by atoms with Gasteiger partial charge in [-0.15, -0.1) is 0 Å². The lowest BCUT2D eigenvalue weighted by Gasteiger charge is -2.36. The van der Waals surface area contributed by atoms with E-state index in [1.54, 1.807) is 7.11 Å². The second kappa shape index (κ2) is 5.29. The molecule has 2 rings (SSSR count). The van der Waals surface area contributed by atoms with Gasteiger partial charge < -0.3 is 10.5 Å². The Balaban J connectivity index is 2.15. The minimum atomic E-state index is 0.568. The Labute approximate surface area is 104 Å². The first-order valence-corrected chi connectivity index (χ1v) is 6.47. The summed E-state index contributed by atoms with van der Waals surface area (Å²) < 4.78 is 8.24. The van der Waals surface area contributed by atoms with E-state index in [4.69, 9.17) is 10.5 Å². The first-order valence-electron chi connectivity index (χ1n) is 5.68. The molecular formula is C11H18BrN3O. The zero-order valence-electron chi connectivity index (χ0n) is 9.53. The topological polar surface area (TPSA) is 53.1 Å². The molecule has 0 amide bonds. The van der Waals surface area contributed by atoms with E-state index in [-0.39, 0.29) is 0 Å². The SMILES string of the molecule is COCCn1ncc(Br)c1C1CCC1CN. The Morgan fingerprint density at radius 2 is 2.44 bits per heavy atom. The first-order chi connectivity index (χ1) is 7.77. The zero-order valence-corrected chi connectivity index (χ0v) is 11.1. The van der Waals surface area contributed by atoms with E-state index in [2.05, 4.69) is 21.0 Å². The summed E-state index contributed by atoms with van der Waals surface area (Å²) in [6, 6.07) is 0. The molecule has 1 aliphatic carbocycles. The van der Waals surface area contributed by atoms with E-state index in [1.165, 1.54) is 18.5 Å². The van der Waals surface area contributed by atoms with Gasteiger partial charge in [0.2, 0.25) is 0 Å². The summed E-state index contributed by atoms with van der Waals surface area (Å²) in [5.74, 6) is 1.19. The van der Waals surface area contributed by atoms with Crippen molar-refractivity contribution in [1.82, 2.24) is 9.78 Å². The van der Waals surface area contributed by atoms with Gasteiger partial charge in [-0.05, 0) is 41.2 Å². The molecule has 1 aromatic heterocycles. The quantitative estimate of drug-likeness (QED) is 0.898. The van der Waals surface area contributed by atoms with Gasteiger partial charge in [0.1, 0.15) is 0 Å². The molecule has 0 spiro atoms. The number of methoxy groups -OCH3 is 1. The summed E-state index contributed by atoms with van der Waals surface area (Å²) in [5, 5.41) is 4.37. The maximum Gasteiger partial charge on any atom is 0.0658 e. The fourth-order valence-electron chi connectivity index (χ4n) is 2.31. The molecule has 0 aliphatic heterocycles. The lowest BCUT2D eigenvalue weighted by molar-refractivity contribution is 0.177. The van der Waals surface area contributed by atoms with E-state index in [0.29, 0.717) is 18.4 Å². The van der Waals surface area contributed by atoms with Gasteiger partial charge in [-0.3, -0.25) is 4.68 Å². The largest absolute Gasteiger partial charge is 0.383 e. The van der Waals surface area contributed by atoms with Gasteiger partial charge in [0.25, 0.3) is 0 Å². The highest BCUT2D eigenvalue weighted by Crippen LogP contribution is 2.44. The van der Waals surface area contributed by atoms with Gasteiger partial charge in [0.15, 0.2) is 0 Å². The van der Waals surface area contributed by atoms with Crippen LogP contribution in [-0.4, -0.2) is 30.0 Å². The van der Waals surface area contributed by atoms with Gasteiger partial charge in [-0.25, -0.2) is 0 Å². The molecule has 4 nitrogen and oxygen atoms in total. The molecule has 1 aromatic rings. The zero-order chi connectivity index (χ0) is 11.5. The molecule has 2 unspecified atom stereocenters. The highest BCUT2D eigenvalue weighted by Gasteiger charge is 2.34. The number of halogens is 1. The smallest absolute Gasteiger partial charge is 0.0658 e. The Morgan fingerprint density at radius 3 is 3.00 bits per heavy atom. The molecule has 90 valence electrons. The number of aromatic nitrogens is 2. The van der Waals surface area contributed by atoms with Crippen molar-refractivity contribution in [3.8, 4) is 0 Å². The standard InChI is InChI=1S/C11H18BrN3O/c1-16-5-4-15-11(10(12)7-14-15)9-3-2-8(9)6-13/h7-9H,2-6,13H2,1H3. The van der Waals surface area contributed by atoms with Crippen molar-refractivity contribution in [2.24, 2.45) is 11.7 Å². The molecule has 1 aliphatic rings. The second-order valence-electron chi connectivity index (χ2n) is 4.27. The molecule has 0 bridgehead atoms. The van der Waals surface area contributed by atoms with Crippen LogP contribution >= 0.6 is 15.9 Å². The van der Waals surface area contributed by atoms with Gasteiger partial charge in [0, 0.05) is 13.0 Å². The van der Waals surface area contributed by atoms with Crippen LogP contribution in [0, 0.1) is 5.92 Å². The normalized spacial score (nSPS) is 24.4. The van der Waals surface area contributed by atoms with Crippen LogP contribution in [0.2, 0.25) is 0 Å². The second-order valence-corrected chi connectivity index (χ2v) is 5.13. The molecule has 1 fully saturated rings. The molecule has 2 N–H and O–H groups in total. The third-order valence-corrected chi connectivity index (χ3v) is 4.02. The summed E-state index contributed by atoms with van der Waals surface area (Å²) in [5.41, 5.74) is 7.05. The van der Waals surface area contributed by atoms with Crippen molar-refractivity contribution in [1.29, 1.82) is 0 Å². The third-order valence-electron chi connectivity index (χ3n) is 3.41. The van der Waals surface area contributed by atoms with Crippen LogP contribution in [0.3, 0.4) is 0 Å². The molecule has 0 aromatic carbocycles. The van der Waals surface area contributed by atoms with Crippen molar-refractivity contribution in [3.63, 3.8) is 0 Å². The van der Waals surface area contributed by atoms with Crippen LogP contribution < -0.4 is 5.73 Å². The Kier molecular flexibility index (Phi) is 4.00. The number of nitrogens with two attached hydrogens (primary N) is 1. The average Bonchev–Trinajstić information content (AvgIpc) is 2.58. The van der Waals surface area contributed by atoms with Gasteiger partial charge >= 0.3 is 0 Å². The molecule has 1 saturated carbocycles. The third kappa shape index (κ3) is 2.17. The molecule has 1 heterocycles. The Morgan fingerprint density at radius 1 is 1.62 bits per heavy atom. The highest BCUT2D eigenvalue weighted by molar-refractivity contribution is 9.10. The Hall–Kier alpha value is -0.390. The molecule has 16 heavy (non-hydrogen) atoms. The first kappa shape index (κ1) is 12.1. The fourth-order valence-corrected chi connectivity index (χ4v) is 2.90. The summed E-state index contributed by atoms with van der Waals surface area (Å²) in [6.45, 7) is 2.28. The maximum atomic E-state index is 5.76. The number of ether oxygens (including phenoxy) is 1. The number of hydrogen-bond donors (Lipinski definition) is 1. The van der Waals surface area contributed by atoms with Gasteiger partial charge in [-0.2, -0.15) is 5.10 Å². The average molecular weight is 288 g/mol. The van der Waals surface area contributed by atoms with Crippen LogP contribution in [0.5, 0.6) is 0 Å². The van der Waals surface area contributed by atoms with E-state index < -0.39 is 0 Å². The van der Waals surface area contributed by atoms with Crippen molar-refractivity contribution >= 4 is 15.9 Å². The Bertz CT molecular complexity index is 351. The summed E-state index contributed by atoms with van der Waals surface area (Å²) >= 11 is 3.58. The van der Waals surface area contributed by atoms with Crippen molar-refractivity contribution in [2.75, 3.05) is 20.3 Å². The fraction of sp³-hybridized carbons (Fsp3) is 0.727. The monoisotopic (exact) mass is 287 g/mol. The predicted molar refractivity (Wildman–Crippen MR) is 66.3 cm³/mol. The van der Waals surface area contributed by atoms with E-state index in [1.807, 2.05) is 10.9 Å². The summed E-state index contributed by atoms with van der Waals surface area (Å²) in [6.07, 6.45) is 4.33. The van der Waals surface area contributed by atoms with Gasteiger partial charge in [0.05, 0.1) is 29.5 Å². The minimum absolute atomic E-state index is 0.568. The molecule has 2 atom stereocenters. The highest BCUT2D eigenvalue weighted by atomic mass is 79.9. The molecular weight excluding hydrogens is 270 g/mol. The van der Waals surface area contributed by atoms with E-state index in [0.717, 1.165) is 17.6 Å². The number of hydrogen-bond acceptors (Lipinski definition) is 3. The lowest BCUT2D eigenvalue weighted by Crippen LogP contribution is -2.32. The lowest BCUT2D eigenvalue weighted by atomic mass is 9.72. The summed E-state index contributed by atoms with van der Waals surface area (Å²) in [4.78, 5) is 0. The van der Waals surface area contributed by atoms with E-state index >= 15 is 0 Å². The maximum absolute atomic E-state index is 5.76. The van der Waals surface area contributed by atoms with Crippen LogP contribution in [0.15, 0.2) is 10.7 Å².